The predicted molar refractivity (Wildman–Crippen MR) is 48.3 cm³/mol. The molecule has 0 aromatic heterocycles. The third-order valence-electron chi connectivity index (χ3n) is 1.42. The van der Waals surface area contributed by atoms with Gasteiger partial charge in [0.05, 0.1) is 6.61 Å². The summed E-state index contributed by atoms with van der Waals surface area (Å²) in [4.78, 5) is 10.3. The van der Waals surface area contributed by atoms with E-state index in [4.69, 9.17) is 4.74 Å². The molecule has 0 spiro atoms. The molecule has 0 bridgehead atoms. The van der Waals surface area contributed by atoms with Crippen molar-refractivity contribution in [3.8, 4) is 11.5 Å². The summed E-state index contributed by atoms with van der Waals surface area (Å²) in [6.07, 6.45) is 0.710. The number of aldehydes is 1. The lowest BCUT2D eigenvalue weighted by Gasteiger charge is -2.04. The first-order valence-electron chi connectivity index (χ1n) is 3.69. The van der Waals surface area contributed by atoms with E-state index in [1.165, 1.54) is 18.2 Å². The van der Waals surface area contributed by atoms with Crippen LogP contribution in [0, 0.1) is 0 Å². The van der Waals surface area contributed by atoms with E-state index in [1.807, 2.05) is 6.92 Å². The fraction of sp³-hybridized carbons (Fsp3) is 0.222. The monoisotopic (exact) mass is 184 g/mol. The Morgan fingerprint density at radius 1 is 1.54 bits per heavy atom. The Kier molecular flexibility index (Phi) is 4.54. The molecule has 0 aliphatic rings. The van der Waals surface area contributed by atoms with Gasteiger partial charge in [-0.3, -0.25) is 4.79 Å². The Labute approximate surface area is 76.1 Å². The highest BCUT2D eigenvalue weighted by molar-refractivity contribution is 5.76. The van der Waals surface area contributed by atoms with Gasteiger partial charge in [-0.15, -0.1) is 0 Å². The van der Waals surface area contributed by atoms with E-state index in [2.05, 4.69) is 0 Å². The van der Waals surface area contributed by atoms with Crippen LogP contribution in [0.15, 0.2) is 18.2 Å². The van der Waals surface area contributed by atoms with Crippen molar-refractivity contribution in [3.63, 3.8) is 0 Å². The van der Waals surface area contributed by atoms with Gasteiger partial charge in [-0.25, -0.2) is 0 Å². The average molecular weight is 184 g/mol. The SMILES string of the molecule is CCOc1cc(C=O)ccc1O.O. The van der Waals surface area contributed by atoms with Gasteiger partial charge in [0, 0.05) is 5.56 Å². The third kappa shape index (κ3) is 2.76. The fourth-order valence-corrected chi connectivity index (χ4v) is 0.875. The minimum absolute atomic E-state index is 0. The molecule has 13 heavy (non-hydrogen) atoms. The quantitative estimate of drug-likeness (QED) is 0.705. The predicted octanol–water partition coefficient (Wildman–Crippen LogP) is 0.779. The maximum Gasteiger partial charge on any atom is 0.161 e. The van der Waals surface area contributed by atoms with Crippen molar-refractivity contribution in [2.75, 3.05) is 6.61 Å². The summed E-state index contributed by atoms with van der Waals surface area (Å²) in [5.74, 6) is 0.407. The second-order valence-electron chi connectivity index (χ2n) is 2.28. The number of carbonyl (C=O) groups excluding carboxylic acids is 1. The number of phenolic OH excluding ortho intramolecular Hbond substituents is 1. The van der Waals surface area contributed by atoms with Crippen LogP contribution < -0.4 is 4.74 Å². The lowest BCUT2D eigenvalue weighted by molar-refractivity contribution is 0.112. The van der Waals surface area contributed by atoms with Gasteiger partial charge in [-0.2, -0.15) is 0 Å². The van der Waals surface area contributed by atoms with Crippen LogP contribution in [0.3, 0.4) is 0 Å². The number of carbonyl (C=O) groups is 1. The van der Waals surface area contributed by atoms with E-state index in [-0.39, 0.29) is 11.2 Å². The zero-order chi connectivity index (χ0) is 8.97. The molecule has 3 N–H and O–H groups in total. The molecule has 0 fully saturated rings. The molecule has 0 radical (unpaired) electrons. The maximum atomic E-state index is 10.3. The second-order valence-corrected chi connectivity index (χ2v) is 2.28. The van der Waals surface area contributed by atoms with E-state index in [9.17, 15) is 9.90 Å². The second kappa shape index (κ2) is 5.16. The van der Waals surface area contributed by atoms with Crippen LogP contribution in [-0.2, 0) is 0 Å². The van der Waals surface area contributed by atoms with Gasteiger partial charge in [0.1, 0.15) is 6.29 Å². The molecule has 72 valence electrons. The van der Waals surface area contributed by atoms with Crippen LogP contribution in [0.5, 0.6) is 11.5 Å². The number of hydrogen-bond donors (Lipinski definition) is 1. The third-order valence-corrected chi connectivity index (χ3v) is 1.42. The molecule has 4 heteroatoms. The van der Waals surface area contributed by atoms with Gasteiger partial charge in [0.15, 0.2) is 11.5 Å². The standard InChI is InChI=1S/C9H10O3.H2O/c1-2-12-9-5-7(6-10)3-4-8(9)11;/h3-6,11H,2H2,1H3;1H2. The highest BCUT2D eigenvalue weighted by Gasteiger charge is 2.01. The molecular weight excluding hydrogens is 172 g/mol. The van der Waals surface area contributed by atoms with E-state index < -0.39 is 0 Å². The molecule has 0 aliphatic carbocycles. The van der Waals surface area contributed by atoms with Crippen molar-refractivity contribution in [2.24, 2.45) is 0 Å². The largest absolute Gasteiger partial charge is 0.504 e. The van der Waals surface area contributed by atoms with E-state index in [1.54, 1.807) is 0 Å². The van der Waals surface area contributed by atoms with E-state index in [0.717, 1.165) is 0 Å². The minimum Gasteiger partial charge on any atom is -0.504 e. The fourth-order valence-electron chi connectivity index (χ4n) is 0.875. The van der Waals surface area contributed by atoms with Gasteiger partial charge in [0.25, 0.3) is 0 Å². The number of hydrogen-bond acceptors (Lipinski definition) is 3. The van der Waals surface area contributed by atoms with Crippen LogP contribution in [0.1, 0.15) is 17.3 Å². The van der Waals surface area contributed by atoms with Crippen LogP contribution in [0.2, 0.25) is 0 Å². The average Bonchev–Trinajstić information content (AvgIpc) is 2.09. The first-order valence-corrected chi connectivity index (χ1v) is 3.69. The molecule has 0 unspecified atom stereocenters. The Morgan fingerprint density at radius 2 is 2.23 bits per heavy atom. The Bertz CT molecular complexity index is 283. The van der Waals surface area contributed by atoms with Gasteiger partial charge in [0.2, 0.25) is 0 Å². The molecule has 0 amide bonds. The summed E-state index contributed by atoms with van der Waals surface area (Å²) in [5.41, 5.74) is 0.497. The summed E-state index contributed by atoms with van der Waals surface area (Å²) < 4.78 is 5.07. The molecule has 1 rings (SSSR count). The number of benzene rings is 1. The summed E-state index contributed by atoms with van der Waals surface area (Å²) in [6.45, 7) is 2.28. The molecule has 1 aromatic carbocycles. The molecule has 0 atom stereocenters. The van der Waals surface area contributed by atoms with Crippen molar-refractivity contribution in [2.45, 2.75) is 6.92 Å². The summed E-state index contributed by atoms with van der Waals surface area (Å²) in [5, 5.41) is 9.22. The first-order chi connectivity index (χ1) is 5.77. The molecule has 0 heterocycles. The lowest BCUT2D eigenvalue weighted by Crippen LogP contribution is -1.92. The topological polar surface area (TPSA) is 78.0 Å². The Balaban J connectivity index is 0.00000144. The Morgan fingerprint density at radius 3 is 2.77 bits per heavy atom. The van der Waals surface area contributed by atoms with Gasteiger partial charge >= 0.3 is 0 Å². The first kappa shape index (κ1) is 11.4. The molecule has 0 saturated carbocycles. The van der Waals surface area contributed by atoms with Gasteiger partial charge in [-0.1, -0.05) is 0 Å². The van der Waals surface area contributed by atoms with Crippen LogP contribution in [0.25, 0.3) is 0 Å². The minimum atomic E-state index is 0. The highest BCUT2D eigenvalue weighted by Crippen LogP contribution is 2.25. The smallest absolute Gasteiger partial charge is 0.161 e. The number of phenols is 1. The molecule has 4 nitrogen and oxygen atoms in total. The van der Waals surface area contributed by atoms with Crippen LogP contribution in [0.4, 0.5) is 0 Å². The van der Waals surface area contributed by atoms with E-state index in [0.29, 0.717) is 24.2 Å². The number of ether oxygens (including phenoxy) is 1. The molecule has 0 aliphatic heterocycles. The zero-order valence-electron chi connectivity index (χ0n) is 7.28. The lowest BCUT2D eigenvalue weighted by atomic mass is 10.2. The van der Waals surface area contributed by atoms with Crippen molar-refractivity contribution >= 4 is 6.29 Å². The van der Waals surface area contributed by atoms with Crippen molar-refractivity contribution in [1.29, 1.82) is 0 Å². The van der Waals surface area contributed by atoms with Gasteiger partial charge in [-0.05, 0) is 25.1 Å². The summed E-state index contributed by atoms with van der Waals surface area (Å²) >= 11 is 0. The summed E-state index contributed by atoms with van der Waals surface area (Å²) in [6, 6.07) is 4.48. The zero-order valence-corrected chi connectivity index (χ0v) is 7.28. The van der Waals surface area contributed by atoms with Crippen molar-refractivity contribution < 1.29 is 20.1 Å². The van der Waals surface area contributed by atoms with Crippen LogP contribution >= 0.6 is 0 Å². The van der Waals surface area contributed by atoms with Crippen molar-refractivity contribution in [3.05, 3.63) is 23.8 Å². The molecular formula is C9H12O4. The molecule has 0 saturated heterocycles. The van der Waals surface area contributed by atoms with E-state index >= 15 is 0 Å². The maximum absolute atomic E-state index is 10.3. The van der Waals surface area contributed by atoms with Gasteiger partial charge < -0.3 is 15.3 Å². The number of rotatable bonds is 3. The number of aromatic hydroxyl groups is 1. The summed E-state index contributed by atoms with van der Waals surface area (Å²) in [7, 11) is 0. The van der Waals surface area contributed by atoms with Crippen molar-refractivity contribution in [1.82, 2.24) is 0 Å². The Hall–Kier alpha value is -1.55. The normalized spacial score (nSPS) is 8.69. The highest BCUT2D eigenvalue weighted by atomic mass is 16.5. The van der Waals surface area contributed by atoms with Crippen LogP contribution in [-0.4, -0.2) is 23.5 Å². The molecule has 1 aromatic rings.